The zero-order valence-electron chi connectivity index (χ0n) is 14.0. The van der Waals surface area contributed by atoms with Gasteiger partial charge >= 0.3 is 0 Å². The lowest BCUT2D eigenvalue weighted by Crippen LogP contribution is -2.61. The van der Waals surface area contributed by atoms with E-state index in [1.165, 1.54) is 5.56 Å². The van der Waals surface area contributed by atoms with E-state index in [1.54, 1.807) is 0 Å². The Bertz CT molecular complexity index is 465. The summed E-state index contributed by atoms with van der Waals surface area (Å²) < 4.78 is 0. The smallest absolute Gasteiger partial charge is 0.0451 e. The third kappa shape index (κ3) is 4.21. The van der Waals surface area contributed by atoms with Crippen LogP contribution in [-0.2, 0) is 6.54 Å². The Labute approximate surface area is 134 Å². The van der Waals surface area contributed by atoms with Gasteiger partial charge in [0.1, 0.15) is 0 Å². The fourth-order valence-corrected chi connectivity index (χ4v) is 3.35. The number of halogens is 1. The van der Waals surface area contributed by atoms with E-state index in [9.17, 15) is 0 Å². The van der Waals surface area contributed by atoms with Crippen molar-refractivity contribution in [3.8, 4) is 0 Å². The number of hydrogen-bond acceptors (Lipinski definition) is 2. The molecule has 1 aromatic rings. The maximum absolute atomic E-state index is 6.36. The van der Waals surface area contributed by atoms with Crippen molar-refractivity contribution in [1.29, 1.82) is 0 Å². The van der Waals surface area contributed by atoms with E-state index in [0.29, 0.717) is 18.0 Å². The highest BCUT2D eigenvalue weighted by Gasteiger charge is 2.36. The molecule has 3 heteroatoms. The molecule has 118 valence electrons. The number of rotatable bonds is 3. The second-order valence-electron chi connectivity index (χ2n) is 7.66. The summed E-state index contributed by atoms with van der Waals surface area (Å²) in [5.41, 5.74) is 1.49. The maximum Gasteiger partial charge on any atom is 0.0451 e. The van der Waals surface area contributed by atoms with E-state index in [2.05, 4.69) is 57.0 Å². The van der Waals surface area contributed by atoms with Gasteiger partial charge in [-0.05, 0) is 23.0 Å². The molecule has 21 heavy (non-hydrogen) atoms. The second kappa shape index (κ2) is 6.68. The molecule has 0 saturated carbocycles. The van der Waals surface area contributed by atoms with Crippen LogP contribution in [0.1, 0.15) is 40.2 Å². The Kier molecular flexibility index (Phi) is 5.34. The van der Waals surface area contributed by atoms with E-state index in [0.717, 1.165) is 24.7 Å². The molecule has 2 unspecified atom stereocenters. The first-order chi connectivity index (χ1) is 9.79. The van der Waals surface area contributed by atoms with Gasteiger partial charge in [-0.2, -0.15) is 0 Å². The van der Waals surface area contributed by atoms with Crippen molar-refractivity contribution in [2.24, 2.45) is 11.3 Å². The standard InChI is InChI=1S/C18H29ClN2/c1-13(2)16-12-21(17(10-20-16)18(3,4)5)11-14-8-6-7-9-15(14)19/h6-9,13,16-17,20H,10-12H2,1-5H3. The van der Waals surface area contributed by atoms with E-state index in [1.807, 2.05) is 12.1 Å². The minimum atomic E-state index is 0.260. The third-order valence-electron chi connectivity index (χ3n) is 4.58. The largest absolute Gasteiger partial charge is 0.311 e. The highest BCUT2D eigenvalue weighted by Crippen LogP contribution is 2.30. The van der Waals surface area contributed by atoms with Gasteiger partial charge in [0.05, 0.1) is 0 Å². The molecular weight excluding hydrogens is 280 g/mol. The lowest BCUT2D eigenvalue weighted by molar-refractivity contribution is 0.0400. The van der Waals surface area contributed by atoms with Gasteiger partial charge in [-0.15, -0.1) is 0 Å². The van der Waals surface area contributed by atoms with Crippen molar-refractivity contribution in [2.45, 2.75) is 53.2 Å². The van der Waals surface area contributed by atoms with Gasteiger partial charge in [0.15, 0.2) is 0 Å². The molecule has 1 fully saturated rings. The van der Waals surface area contributed by atoms with Gasteiger partial charge < -0.3 is 5.32 Å². The Morgan fingerprint density at radius 1 is 1.29 bits per heavy atom. The van der Waals surface area contributed by atoms with Crippen LogP contribution in [0.5, 0.6) is 0 Å². The molecule has 2 atom stereocenters. The first kappa shape index (κ1) is 16.8. The Hall–Kier alpha value is -0.570. The van der Waals surface area contributed by atoms with Crippen LogP contribution < -0.4 is 5.32 Å². The molecule has 0 radical (unpaired) electrons. The summed E-state index contributed by atoms with van der Waals surface area (Å²) in [7, 11) is 0. The lowest BCUT2D eigenvalue weighted by atomic mass is 9.82. The van der Waals surface area contributed by atoms with Crippen LogP contribution in [0, 0.1) is 11.3 Å². The zero-order chi connectivity index (χ0) is 15.6. The van der Waals surface area contributed by atoms with Gasteiger partial charge in [0.2, 0.25) is 0 Å². The fraction of sp³-hybridized carbons (Fsp3) is 0.667. The lowest BCUT2D eigenvalue weighted by Gasteiger charge is -2.47. The van der Waals surface area contributed by atoms with Crippen molar-refractivity contribution in [3.63, 3.8) is 0 Å². The number of piperazine rings is 1. The Balaban J connectivity index is 2.19. The number of hydrogen-bond donors (Lipinski definition) is 1. The first-order valence-electron chi connectivity index (χ1n) is 8.00. The average molecular weight is 309 g/mol. The molecule has 2 rings (SSSR count). The van der Waals surface area contributed by atoms with Crippen LogP contribution in [0.2, 0.25) is 5.02 Å². The number of nitrogens with zero attached hydrogens (tertiary/aromatic N) is 1. The van der Waals surface area contributed by atoms with Crippen LogP contribution in [0.15, 0.2) is 24.3 Å². The molecule has 0 bridgehead atoms. The van der Waals surface area contributed by atoms with Gasteiger partial charge in [-0.25, -0.2) is 0 Å². The van der Waals surface area contributed by atoms with E-state index in [-0.39, 0.29) is 5.41 Å². The molecule has 1 saturated heterocycles. The summed E-state index contributed by atoms with van der Waals surface area (Å²) in [5, 5.41) is 4.61. The minimum Gasteiger partial charge on any atom is -0.311 e. The van der Waals surface area contributed by atoms with Crippen molar-refractivity contribution >= 4 is 11.6 Å². The molecule has 0 aromatic heterocycles. The third-order valence-corrected chi connectivity index (χ3v) is 4.95. The van der Waals surface area contributed by atoms with Crippen molar-refractivity contribution < 1.29 is 0 Å². The van der Waals surface area contributed by atoms with Crippen LogP contribution in [-0.4, -0.2) is 30.1 Å². The van der Waals surface area contributed by atoms with Crippen LogP contribution in [0.3, 0.4) is 0 Å². The molecule has 0 aliphatic carbocycles. The van der Waals surface area contributed by atoms with Crippen molar-refractivity contribution in [1.82, 2.24) is 10.2 Å². The molecule has 2 nitrogen and oxygen atoms in total. The van der Waals surface area contributed by atoms with Crippen LogP contribution in [0.25, 0.3) is 0 Å². The molecule has 0 spiro atoms. The molecule has 0 amide bonds. The molecule has 1 heterocycles. The van der Waals surface area contributed by atoms with Gasteiger partial charge in [-0.1, -0.05) is 64.4 Å². The summed E-state index contributed by atoms with van der Waals surface area (Å²) >= 11 is 6.36. The fourth-order valence-electron chi connectivity index (χ4n) is 3.16. The summed E-state index contributed by atoms with van der Waals surface area (Å²) in [6.07, 6.45) is 0. The number of benzene rings is 1. The maximum atomic E-state index is 6.36. The highest BCUT2D eigenvalue weighted by atomic mass is 35.5. The monoisotopic (exact) mass is 308 g/mol. The molecule has 1 aliphatic heterocycles. The van der Waals surface area contributed by atoms with E-state index >= 15 is 0 Å². The second-order valence-corrected chi connectivity index (χ2v) is 8.07. The minimum absolute atomic E-state index is 0.260. The number of nitrogens with one attached hydrogen (secondary N) is 1. The summed E-state index contributed by atoms with van der Waals surface area (Å²) in [6, 6.07) is 9.31. The van der Waals surface area contributed by atoms with Gasteiger partial charge in [-0.3, -0.25) is 4.90 Å². The first-order valence-corrected chi connectivity index (χ1v) is 8.37. The highest BCUT2D eigenvalue weighted by molar-refractivity contribution is 6.31. The summed E-state index contributed by atoms with van der Waals surface area (Å²) in [4.78, 5) is 2.61. The average Bonchev–Trinajstić information content (AvgIpc) is 2.40. The summed E-state index contributed by atoms with van der Waals surface area (Å²) in [5.74, 6) is 0.652. The van der Waals surface area contributed by atoms with E-state index in [4.69, 9.17) is 11.6 Å². The predicted molar refractivity (Wildman–Crippen MR) is 91.7 cm³/mol. The molecular formula is C18H29ClN2. The molecule has 1 aromatic carbocycles. The summed E-state index contributed by atoms with van der Waals surface area (Å²) in [6.45, 7) is 14.7. The molecule has 1 N–H and O–H groups in total. The Morgan fingerprint density at radius 3 is 2.52 bits per heavy atom. The van der Waals surface area contributed by atoms with Crippen LogP contribution >= 0.6 is 11.6 Å². The topological polar surface area (TPSA) is 15.3 Å². The van der Waals surface area contributed by atoms with E-state index < -0.39 is 0 Å². The zero-order valence-corrected chi connectivity index (χ0v) is 14.7. The van der Waals surface area contributed by atoms with Crippen LogP contribution in [0.4, 0.5) is 0 Å². The predicted octanol–water partition coefficient (Wildman–Crippen LogP) is 4.18. The quantitative estimate of drug-likeness (QED) is 0.901. The molecule has 1 aliphatic rings. The normalized spacial score (nSPS) is 24.5. The van der Waals surface area contributed by atoms with Crippen molar-refractivity contribution in [2.75, 3.05) is 13.1 Å². The Morgan fingerprint density at radius 2 is 1.95 bits per heavy atom. The van der Waals surface area contributed by atoms with Gasteiger partial charge in [0.25, 0.3) is 0 Å². The van der Waals surface area contributed by atoms with Gasteiger partial charge in [0, 0.05) is 36.7 Å². The van der Waals surface area contributed by atoms with Crippen molar-refractivity contribution in [3.05, 3.63) is 34.9 Å². The SMILES string of the molecule is CC(C)C1CN(Cc2ccccc2Cl)C(C(C)(C)C)CN1.